The van der Waals surface area contributed by atoms with Gasteiger partial charge in [-0.2, -0.15) is 0 Å². The second-order valence-corrected chi connectivity index (χ2v) is 7.06. The third kappa shape index (κ3) is 5.20. The zero-order valence-corrected chi connectivity index (χ0v) is 14.8. The number of rotatable bonds is 2. The molecule has 1 amide bonds. The monoisotopic (exact) mass is 348 g/mol. The van der Waals surface area contributed by atoms with Crippen LogP contribution in [0.5, 0.6) is 0 Å². The zero-order chi connectivity index (χ0) is 18.6. The quantitative estimate of drug-likeness (QED) is 0.606. The van der Waals surface area contributed by atoms with Crippen molar-refractivity contribution < 1.29 is 24.2 Å². The molecule has 1 N–H and O–H groups in total. The third-order valence-electron chi connectivity index (χ3n) is 3.94. The number of likely N-dealkylation sites (tertiary alicyclic amines) is 1. The molecule has 7 nitrogen and oxygen atoms in total. The van der Waals surface area contributed by atoms with Crippen LogP contribution in [0.2, 0.25) is 0 Å². The Morgan fingerprint density at radius 2 is 1.80 bits per heavy atom. The first-order valence-corrected chi connectivity index (χ1v) is 8.27. The van der Waals surface area contributed by atoms with E-state index in [0.29, 0.717) is 25.9 Å². The van der Waals surface area contributed by atoms with Crippen molar-refractivity contribution in [1.82, 2.24) is 9.80 Å². The number of ether oxygens (including phenoxy) is 1. The molecule has 0 bridgehead atoms. The first kappa shape index (κ1) is 18.8. The van der Waals surface area contributed by atoms with Crippen LogP contribution < -0.4 is 0 Å². The lowest BCUT2D eigenvalue weighted by atomic mass is 9.97. The molecule has 0 aromatic heterocycles. The highest BCUT2D eigenvalue weighted by Gasteiger charge is 2.27. The number of aliphatic carboxylic acids is 1. The summed E-state index contributed by atoms with van der Waals surface area (Å²) >= 11 is 0. The molecule has 7 heteroatoms. The Morgan fingerprint density at radius 1 is 1.16 bits per heavy atom. The van der Waals surface area contributed by atoms with Crippen LogP contribution >= 0.6 is 0 Å². The van der Waals surface area contributed by atoms with Crippen molar-refractivity contribution in [2.45, 2.75) is 39.2 Å². The van der Waals surface area contributed by atoms with Gasteiger partial charge in [0.2, 0.25) is 0 Å². The van der Waals surface area contributed by atoms with E-state index >= 15 is 0 Å². The van der Waals surface area contributed by atoms with E-state index in [-0.39, 0.29) is 5.92 Å². The highest BCUT2D eigenvalue weighted by molar-refractivity contribution is 6.33. The Kier molecular flexibility index (Phi) is 5.66. The summed E-state index contributed by atoms with van der Waals surface area (Å²) in [4.78, 5) is 38.3. The lowest BCUT2D eigenvalue weighted by Crippen LogP contribution is -2.36. The zero-order valence-electron chi connectivity index (χ0n) is 14.8. The van der Waals surface area contributed by atoms with Crippen molar-refractivity contribution in [3.63, 3.8) is 0 Å². The van der Waals surface area contributed by atoms with Crippen LogP contribution in [-0.4, -0.2) is 51.4 Å². The molecule has 2 aliphatic rings. The molecule has 0 spiro atoms. The summed E-state index contributed by atoms with van der Waals surface area (Å²) in [7, 11) is 0. The lowest BCUT2D eigenvalue weighted by Gasteiger charge is -2.32. The maximum atomic E-state index is 12.2. The number of hydrogen-bond donors (Lipinski definition) is 1. The Hall–Kier alpha value is -2.57. The van der Waals surface area contributed by atoms with Crippen LogP contribution in [0.4, 0.5) is 0 Å². The molecule has 136 valence electrons. The smallest absolute Gasteiger partial charge is 0.398 e. The molecule has 2 rings (SSSR count). The lowest BCUT2D eigenvalue weighted by molar-refractivity contribution is -0.165. The van der Waals surface area contributed by atoms with Crippen molar-refractivity contribution in [3.8, 4) is 0 Å². The molecule has 1 saturated heterocycles. The number of nitrogens with zero attached hydrogens (tertiary/aromatic N) is 2. The summed E-state index contributed by atoms with van der Waals surface area (Å²) in [5, 5.41) is 9.06. The van der Waals surface area contributed by atoms with Crippen molar-refractivity contribution in [2.24, 2.45) is 5.92 Å². The van der Waals surface area contributed by atoms with Crippen LogP contribution in [0, 0.1) is 5.92 Å². The molecule has 0 radical (unpaired) electrons. The normalized spacial score (nSPS) is 18.6. The van der Waals surface area contributed by atoms with E-state index in [1.165, 1.54) is 17.3 Å². The van der Waals surface area contributed by atoms with Gasteiger partial charge in [-0.15, -0.1) is 0 Å². The van der Waals surface area contributed by atoms with Gasteiger partial charge in [-0.3, -0.25) is 14.5 Å². The largest absolute Gasteiger partial charge is 0.481 e. The number of amides is 1. The molecule has 0 aromatic carbocycles. The Balaban J connectivity index is 1.98. The van der Waals surface area contributed by atoms with Gasteiger partial charge in [0, 0.05) is 31.2 Å². The number of carbonyl (C=O) groups excluding carboxylic acids is 2. The number of allylic oxidation sites excluding steroid dienone is 3. The third-order valence-corrected chi connectivity index (χ3v) is 3.94. The topological polar surface area (TPSA) is 87.2 Å². The number of esters is 1. The van der Waals surface area contributed by atoms with Crippen molar-refractivity contribution >= 4 is 17.8 Å². The molecule has 0 saturated carbocycles. The number of carbonyl (C=O) groups is 3. The molecule has 2 heterocycles. The summed E-state index contributed by atoms with van der Waals surface area (Å²) in [6.07, 6.45) is 9.45. The van der Waals surface area contributed by atoms with Crippen molar-refractivity contribution in [2.75, 3.05) is 13.1 Å². The molecule has 25 heavy (non-hydrogen) atoms. The maximum absolute atomic E-state index is 12.2. The fourth-order valence-electron chi connectivity index (χ4n) is 2.65. The predicted molar refractivity (Wildman–Crippen MR) is 91.0 cm³/mol. The van der Waals surface area contributed by atoms with E-state index in [2.05, 4.69) is 4.90 Å². The SMILES string of the molecule is CC(C)(C)OC(=O)C(=O)N1C=CC=C(N2CCC(C(=O)O)CC2)C=C1. The van der Waals surface area contributed by atoms with E-state index in [1.807, 2.05) is 6.08 Å². The predicted octanol–water partition coefficient (Wildman–Crippen LogP) is 1.88. The number of carboxylic acid groups (broad SMARTS) is 1. The minimum Gasteiger partial charge on any atom is -0.481 e. The molecule has 0 unspecified atom stereocenters. The second-order valence-electron chi connectivity index (χ2n) is 7.06. The van der Waals surface area contributed by atoms with Gasteiger partial charge in [0.15, 0.2) is 0 Å². The Bertz CT molecular complexity index is 634. The standard InChI is InChI=1S/C18H24N2O5/c1-18(2,3)25-17(24)15(21)20-9-4-5-14(8-12-20)19-10-6-13(7-11-19)16(22)23/h4-5,8-9,12-13H,6-7,10-11H2,1-3H3,(H,22,23). The van der Waals surface area contributed by atoms with Gasteiger partial charge in [-0.05, 0) is 51.8 Å². The van der Waals surface area contributed by atoms with Gasteiger partial charge in [0.25, 0.3) is 0 Å². The molecule has 0 atom stereocenters. The van der Waals surface area contributed by atoms with Crippen LogP contribution in [0.3, 0.4) is 0 Å². The first-order chi connectivity index (χ1) is 11.7. The van der Waals surface area contributed by atoms with Crippen LogP contribution in [-0.2, 0) is 19.1 Å². The van der Waals surface area contributed by atoms with E-state index in [1.54, 1.807) is 32.9 Å². The van der Waals surface area contributed by atoms with Crippen LogP contribution in [0.15, 0.2) is 36.3 Å². The van der Waals surface area contributed by atoms with Gasteiger partial charge in [-0.25, -0.2) is 4.79 Å². The summed E-state index contributed by atoms with van der Waals surface area (Å²) < 4.78 is 5.09. The van der Waals surface area contributed by atoms with Gasteiger partial charge in [-0.1, -0.05) is 0 Å². The molecular weight excluding hydrogens is 324 g/mol. The summed E-state index contributed by atoms with van der Waals surface area (Å²) in [5.41, 5.74) is 0.142. The highest BCUT2D eigenvalue weighted by atomic mass is 16.6. The van der Waals surface area contributed by atoms with Crippen LogP contribution in [0.25, 0.3) is 0 Å². The minimum absolute atomic E-state index is 0.299. The number of hydrogen-bond acceptors (Lipinski definition) is 5. The number of carboxylic acids is 1. The fourth-order valence-corrected chi connectivity index (χ4v) is 2.65. The van der Waals surface area contributed by atoms with E-state index < -0.39 is 23.4 Å². The summed E-state index contributed by atoms with van der Waals surface area (Å²) in [5.74, 6) is -2.72. The average molecular weight is 348 g/mol. The number of piperidine rings is 1. The van der Waals surface area contributed by atoms with E-state index in [4.69, 9.17) is 9.84 Å². The van der Waals surface area contributed by atoms with Gasteiger partial charge in [0.05, 0.1) is 5.92 Å². The van der Waals surface area contributed by atoms with Gasteiger partial charge < -0.3 is 14.7 Å². The maximum Gasteiger partial charge on any atom is 0.398 e. The molecule has 0 aromatic rings. The first-order valence-electron chi connectivity index (χ1n) is 8.27. The summed E-state index contributed by atoms with van der Waals surface area (Å²) in [6, 6.07) is 0. The molecular formula is C18H24N2O5. The Morgan fingerprint density at radius 3 is 2.36 bits per heavy atom. The molecule has 1 fully saturated rings. The molecule has 0 aliphatic carbocycles. The second kappa shape index (κ2) is 7.55. The fraction of sp³-hybridized carbons (Fsp3) is 0.500. The minimum atomic E-state index is -0.910. The Labute approximate surface area is 147 Å². The average Bonchev–Trinajstić information content (AvgIpc) is 2.78. The van der Waals surface area contributed by atoms with Gasteiger partial charge >= 0.3 is 17.8 Å². The van der Waals surface area contributed by atoms with Crippen molar-refractivity contribution in [3.05, 3.63) is 36.3 Å². The van der Waals surface area contributed by atoms with Gasteiger partial charge in [0.1, 0.15) is 5.60 Å². The van der Waals surface area contributed by atoms with Crippen molar-refractivity contribution in [1.29, 1.82) is 0 Å². The van der Waals surface area contributed by atoms with E-state index in [0.717, 1.165) is 5.70 Å². The van der Waals surface area contributed by atoms with Crippen LogP contribution in [0.1, 0.15) is 33.6 Å². The molecule has 2 aliphatic heterocycles. The van der Waals surface area contributed by atoms with E-state index in [9.17, 15) is 14.4 Å². The highest BCUT2D eigenvalue weighted by Crippen LogP contribution is 2.22. The summed E-state index contributed by atoms with van der Waals surface area (Å²) in [6.45, 7) is 6.38.